The molecular formula is C14H21NO4. The minimum atomic E-state index is -0.725. The minimum Gasteiger partial charge on any atom is -0.508 e. The fourth-order valence-corrected chi connectivity index (χ4v) is 1.65. The number of carbonyl (C=O) groups excluding carboxylic acids is 1. The summed E-state index contributed by atoms with van der Waals surface area (Å²) in [6.45, 7) is 6.09. The average molecular weight is 267 g/mol. The Morgan fingerprint density at radius 1 is 1.42 bits per heavy atom. The number of ether oxygens (including phenoxy) is 2. The van der Waals surface area contributed by atoms with Crippen LogP contribution in [-0.2, 0) is 11.2 Å². The summed E-state index contributed by atoms with van der Waals surface area (Å²) < 4.78 is 9.94. The number of aryl methyl sites for hydroxylation is 1. The quantitative estimate of drug-likeness (QED) is 0.757. The van der Waals surface area contributed by atoms with Crippen molar-refractivity contribution in [1.29, 1.82) is 0 Å². The van der Waals surface area contributed by atoms with Crippen LogP contribution < -0.4 is 10.5 Å². The maximum absolute atomic E-state index is 10.0. The van der Waals surface area contributed by atoms with Gasteiger partial charge in [0.05, 0.1) is 6.61 Å². The Hall–Kier alpha value is -1.91. The Labute approximate surface area is 113 Å². The number of rotatable bonds is 0. The second-order valence-corrected chi connectivity index (χ2v) is 5.28. The Balaban J connectivity index is 0.000000203. The number of aromatic hydroxyl groups is 1. The van der Waals surface area contributed by atoms with Gasteiger partial charge in [0.2, 0.25) is 0 Å². The lowest BCUT2D eigenvalue weighted by molar-refractivity contribution is 0.0600. The molecule has 1 aliphatic heterocycles. The number of phenols is 1. The van der Waals surface area contributed by atoms with E-state index in [4.69, 9.17) is 15.6 Å². The number of benzene rings is 1. The summed E-state index contributed by atoms with van der Waals surface area (Å²) in [5, 5.41) is 9.13. The Kier molecular flexibility index (Phi) is 5.03. The first-order chi connectivity index (χ1) is 8.78. The van der Waals surface area contributed by atoms with E-state index in [-0.39, 0.29) is 0 Å². The monoisotopic (exact) mass is 267 g/mol. The summed E-state index contributed by atoms with van der Waals surface area (Å²) >= 11 is 0. The van der Waals surface area contributed by atoms with Crippen LogP contribution in [0.4, 0.5) is 4.79 Å². The molecule has 5 heteroatoms. The van der Waals surface area contributed by atoms with Gasteiger partial charge >= 0.3 is 6.09 Å². The summed E-state index contributed by atoms with van der Waals surface area (Å²) in [7, 11) is 0. The number of amides is 1. The third-order valence-electron chi connectivity index (χ3n) is 2.30. The number of primary amides is 1. The fraction of sp³-hybridized carbons (Fsp3) is 0.500. The van der Waals surface area contributed by atoms with Crippen molar-refractivity contribution in [3.8, 4) is 11.5 Å². The third-order valence-corrected chi connectivity index (χ3v) is 2.30. The van der Waals surface area contributed by atoms with Crippen molar-refractivity contribution in [3.63, 3.8) is 0 Å². The number of fused-ring (bicyclic) bond motifs is 1. The molecule has 106 valence electrons. The van der Waals surface area contributed by atoms with Gasteiger partial charge in [-0.1, -0.05) is 0 Å². The van der Waals surface area contributed by atoms with Crippen molar-refractivity contribution >= 4 is 6.09 Å². The van der Waals surface area contributed by atoms with Crippen molar-refractivity contribution in [2.75, 3.05) is 6.61 Å². The molecule has 2 rings (SSSR count). The molecular weight excluding hydrogens is 246 g/mol. The second kappa shape index (κ2) is 6.31. The van der Waals surface area contributed by atoms with E-state index in [1.807, 2.05) is 6.07 Å². The molecule has 1 aromatic rings. The average Bonchev–Trinajstić information content (AvgIpc) is 2.26. The molecule has 0 aliphatic carbocycles. The minimum absolute atomic E-state index is 0.328. The van der Waals surface area contributed by atoms with Crippen LogP contribution in [0, 0.1) is 0 Å². The van der Waals surface area contributed by atoms with Crippen LogP contribution in [0.3, 0.4) is 0 Å². The molecule has 1 heterocycles. The molecule has 19 heavy (non-hydrogen) atoms. The zero-order chi connectivity index (χ0) is 14.5. The molecule has 0 saturated heterocycles. The summed E-state index contributed by atoms with van der Waals surface area (Å²) in [4.78, 5) is 10.0. The number of nitrogens with two attached hydrogens (primary N) is 1. The highest BCUT2D eigenvalue weighted by molar-refractivity contribution is 5.65. The van der Waals surface area contributed by atoms with Gasteiger partial charge in [-0.15, -0.1) is 0 Å². The lowest BCUT2D eigenvalue weighted by Crippen LogP contribution is -2.27. The third kappa shape index (κ3) is 5.99. The van der Waals surface area contributed by atoms with Gasteiger partial charge in [0, 0.05) is 0 Å². The fourth-order valence-electron chi connectivity index (χ4n) is 1.65. The SMILES string of the molecule is CC(C)(C)OC(N)=O.Oc1ccc2c(c1)CCCO2. The highest BCUT2D eigenvalue weighted by atomic mass is 16.6. The molecule has 1 aromatic carbocycles. The van der Waals surface area contributed by atoms with Crippen LogP contribution in [0.2, 0.25) is 0 Å². The van der Waals surface area contributed by atoms with E-state index in [0.717, 1.165) is 30.8 Å². The van der Waals surface area contributed by atoms with Gasteiger partial charge in [-0.2, -0.15) is 0 Å². The van der Waals surface area contributed by atoms with Gasteiger partial charge in [0.25, 0.3) is 0 Å². The van der Waals surface area contributed by atoms with Crippen molar-refractivity contribution in [2.24, 2.45) is 5.73 Å². The van der Waals surface area contributed by atoms with Gasteiger partial charge in [-0.05, 0) is 57.4 Å². The topological polar surface area (TPSA) is 81.8 Å². The van der Waals surface area contributed by atoms with Crippen LogP contribution in [-0.4, -0.2) is 23.4 Å². The zero-order valence-electron chi connectivity index (χ0n) is 11.6. The van der Waals surface area contributed by atoms with Crippen molar-refractivity contribution in [1.82, 2.24) is 0 Å². The molecule has 1 aliphatic rings. The molecule has 5 nitrogen and oxygen atoms in total. The lowest BCUT2D eigenvalue weighted by atomic mass is 10.1. The molecule has 0 radical (unpaired) electrons. The Morgan fingerprint density at radius 3 is 2.63 bits per heavy atom. The van der Waals surface area contributed by atoms with Crippen LogP contribution in [0.5, 0.6) is 11.5 Å². The second-order valence-electron chi connectivity index (χ2n) is 5.28. The van der Waals surface area contributed by atoms with E-state index in [0.29, 0.717) is 5.75 Å². The summed E-state index contributed by atoms with van der Waals surface area (Å²) in [6.07, 6.45) is 1.35. The van der Waals surface area contributed by atoms with Crippen LogP contribution in [0.25, 0.3) is 0 Å². The summed E-state index contributed by atoms with van der Waals surface area (Å²) in [5.74, 6) is 1.25. The van der Waals surface area contributed by atoms with Crippen LogP contribution >= 0.6 is 0 Å². The predicted molar refractivity (Wildman–Crippen MR) is 72.3 cm³/mol. The maximum atomic E-state index is 10.0. The van der Waals surface area contributed by atoms with Gasteiger partial charge < -0.3 is 20.3 Å². The number of phenolic OH excluding ortho intramolecular Hbond substituents is 1. The first-order valence-corrected chi connectivity index (χ1v) is 6.21. The standard InChI is InChI=1S/C9H10O2.C5H11NO2/c10-8-3-4-9-7(6-8)2-1-5-11-9;1-5(2,3)8-4(6)7/h3-4,6,10H,1-2,5H2;1-3H3,(H2,6,7). The molecule has 0 saturated carbocycles. The Bertz CT molecular complexity index is 438. The highest BCUT2D eigenvalue weighted by Crippen LogP contribution is 2.27. The van der Waals surface area contributed by atoms with E-state index >= 15 is 0 Å². The molecule has 0 spiro atoms. The molecule has 0 atom stereocenters. The van der Waals surface area contributed by atoms with Gasteiger partial charge in [0.15, 0.2) is 0 Å². The van der Waals surface area contributed by atoms with E-state index in [1.165, 1.54) is 0 Å². The lowest BCUT2D eigenvalue weighted by Gasteiger charge is -2.16. The molecule has 1 amide bonds. The smallest absolute Gasteiger partial charge is 0.405 e. The first-order valence-electron chi connectivity index (χ1n) is 6.21. The predicted octanol–water partition coefficient (Wildman–Crippen LogP) is 2.60. The molecule has 0 unspecified atom stereocenters. The van der Waals surface area contributed by atoms with Crippen LogP contribution in [0.1, 0.15) is 32.8 Å². The van der Waals surface area contributed by atoms with Gasteiger partial charge in [-0.3, -0.25) is 0 Å². The van der Waals surface area contributed by atoms with Crippen molar-refractivity contribution < 1.29 is 19.4 Å². The van der Waals surface area contributed by atoms with E-state index in [2.05, 4.69) is 4.74 Å². The summed E-state index contributed by atoms with van der Waals surface area (Å²) in [5.41, 5.74) is 5.39. The van der Waals surface area contributed by atoms with Crippen molar-refractivity contribution in [2.45, 2.75) is 39.2 Å². The zero-order valence-corrected chi connectivity index (χ0v) is 11.6. The molecule has 0 bridgehead atoms. The largest absolute Gasteiger partial charge is 0.508 e. The van der Waals surface area contributed by atoms with Crippen molar-refractivity contribution in [3.05, 3.63) is 23.8 Å². The van der Waals surface area contributed by atoms with E-state index in [9.17, 15) is 4.79 Å². The van der Waals surface area contributed by atoms with Crippen LogP contribution in [0.15, 0.2) is 18.2 Å². The molecule has 3 N–H and O–H groups in total. The Morgan fingerprint density at radius 2 is 2.11 bits per heavy atom. The highest BCUT2D eigenvalue weighted by Gasteiger charge is 2.12. The number of hydrogen-bond acceptors (Lipinski definition) is 4. The number of carbonyl (C=O) groups is 1. The number of hydrogen-bond donors (Lipinski definition) is 2. The van der Waals surface area contributed by atoms with E-state index in [1.54, 1.807) is 32.9 Å². The first kappa shape index (κ1) is 15.1. The summed E-state index contributed by atoms with van der Waals surface area (Å²) in [6, 6.07) is 5.25. The van der Waals surface area contributed by atoms with E-state index < -0.39 is 11.7 Å². The maximum Gasteiger partial charge on any atom is 0.405 e. The molecule has 0 fully saturated rings. The van der Waals surface area contributed by atoms with Gasteiger partial charge in [0.1, 0.15) is 17.1 Å². The normalized spacial score (nSPS) is 13.4. The molecule has 0 aromatic heterocycles. The van der Waals surface area contributed by atoms with Gasteiger partial charge in [-0.25, -0.2) is 4.79 Å².